The van der Waals surface area contributed by atoms with Gasteiger partial charge in [0.1, 0.15) is 11.7 Å². The fourth-order valence-corrected chi connectivity index (χ4v) is 3.03. The molecule has 0 bridgehead atoms. The predicted molar refractivity (Wildman–Crippen MR) is 75.9 cm³/mol. The number of carbonyl (C=O) groups excluding carboxylic acids is 1. The fraction of sp³-hybridized carbons (Fsp3) is 0.214. The molecule has 3 rings (SSSR count). The number of alkyl halides is 1. The highest BCUT2D eigenvalue weighted by Crippen LogP contribution is 2.50. The van der Waals surface area contributed by atoms with Crippen LogP contribution in [0.4, 0.5) is 5.69 Å². The van der Waals surface area contributed by atoms with Gasteiger partial charge in [0.2, 0.25) is 6.54 Å². The molecule has 7 heteroatoms. The maximum atomic E-state index is 12.4. The van der Waals surface area contributed by atoms with Gasteiger partial charge in [0.25, 0.3) is 5.91 Å². The second-order valence-electron chi connectivity index (χ2n) is 4.79. The Bertz CT molecular complexity index is 701. The Morgan fingerprint density at radius 3 is 2.76 bits per heavy atom. The third kappa shape index (κ3) is 2.08. The number of hydrogen-bond donors (Lipinski definition) is 1. The van der Waals surface area contributed by atoms with Gasteiger partial charge in [-0.25, -0.2) is 0 Å². The number of fused-ring (bicyclic) bond motifs is 1. The molecular weight excluding hydrogens is 296 g/mol. The molecule has 0 aliphatic carbocycles. The van der Waals surface area contributed by atoms with E-state index in [0.29, 0.717) is 17.0 Å². The van der Waals surface area contributed by atoms with Crippen molar-refractivity contribution in [1.29, 1.82) is 0 Å². The third-order valence-corrected chi connectivity index (χ3v) is 4.23. The number of nitrogens with zero attached hydrogens (tertiary/aromatic N) is 1. The van der Waals surface area contributed by atoms with Crippen molar-refractivity contribution in [3.05, 3.63) is 64.1 Å². The van der Waals surface area contributed by atoms with E-state index in [2.05, 4.69) is 5.32 Å². The first-order valence-corrected chi connectivity index (χ1v) is 6.66. The standard InChI is InChI=1S/C14H11ClN2O4/c15-14(9-4-1-2-5-11(9)16-13(14)18)10(8-17(19)20)12-6-3-7-21-12/h1-7,10H,8H2,(H,16,18)/t10-,14+/m1/s1. The van der Waals surface area contributed by atoms with Crippen LogP contribution in [-0.2, 0) is 9.67 Å². The Balaban J connectivity index is 2.14. The number of hydrogen-bond acceptors (Lipinski definition) is 4. The van der Waals surface area contributed by atoms with Crippen molar-refractivity contribution in [2.24, 2.45) is 0 Å². The number of amides is 1. The summed E-state index contributed by atoms with van der Waals surface area (Å²) >= 11 is 6.58. The first-order valence-electron chi connectivity index (χ1n) is 6.28. The van der Waals surface area contributed by atoms with Gasteiger partial charge in [0.15, 0.2) is 4.87 Å². The average Bonchev–Trinajstić information content (AvgIpc) is 3.05. The van der Waals surface area contributed by atoms with E-state index in [-0.39, 0.29) is 0 Å². The van der Waals surface area contributed by atoms with Crippen molar-refractivity contribution in [3.8, 4) is 0 Å². The molecule has 0 saturated heterocycles. The normalized spacial score (nSPS) is 21.7. The van der Waals surface area contributed by atoms with Gasteiger partial charge >= 0.3 is 0 Å². The van der Waals surface area contributed by atoms with Crippen LogP contribution in [0.15, 0.2) is 47.1 Å². The van der Waals surface area contributed by atoms with Crippen LogP contribution in [0.5, 0.6) is 0 Å². The SMILES string of the molecule is O=C1Nc2ccccc2[C@]1(Cl)[C@H](C[N+](=O)[O-])c1ccco1. The zero-order chi connectivity index (χ0) is 15.0. The van der Waals surface area contributed by atoms with E-state index in [1.807, 2.05) is 0 Å². The molecule has 1 aromatic heterocycles. The van der Waals surface area contributed by atoms with Crippen LogP contribution in [0, 0.1) is 10.1 Å². The summed E-state index contributed by atoms with van der Waals surface area (Å²) in [7, 11) is 0. The fourth-order valence-electron chi connectivity index (χ4n) is 2.64. The monoisotopic (exact) mass is 306 g/mol. The van der Waals surface area contributed by atoms with Crippen LogP contribution >= 0.6 is 11.6 Å². The van der Waals surface area contributed by atoms with Gasteiger partial charge in [0.05, 0.1) is 6.26 Å². The Morgan fingerprint density at radius 2 is 2.10 bits per heavy atom. The Kier molecular flexibility index (Phi) is 3.17. The maximum absolute atomic E-state index is 12.4. The lowest BCUT2D eigenvalue weighted by Crippen LogP contribution is -2.38. The van der Waals surface area contributed by atoms with Gasteiger partial charge in [-0.15, -0.1) is 11.6 Å². The number of furan rings is 1. The van der Waals surface area contributed by atoms with Crippen molar-refractivity contribution in [1.82, 2.24) is 0 Å². The van der Waals surface area contributed by atoms with Crippen LogP contribution in [0.25, 0.3) is 0 Å². The van der Waals surface area contributed by atoms with Crippen LogP contribution < -0.4 is 5.32 Å². The molecular formula is C14H11ClN2O4. The molecule has 1 aromatic carbocycles. The molecule has 1 amide bonds. The highest BCUT2D eigenvalue weighted by atomic mass is 35.5. The number of nitro groups is 1. The summed E-state index contributed by atoms with van der Waals surface area (Å²) in [6.45, 7) is -0.501. The average molecular weight is 307 g/mol. The van der Waals surface area contributed by atoms with Gasteiger partial charge in [-0.3, -0.25) is 14.9 Å². The Morgan fingerprint density at radius 1 is 1.33 bits per heavy atom. The number of anilines is 1. The van der Waals surface area contributed by atoms with E-state index in [1.54, 1.807) is 36.4 Å². The molecule has 1 N–H and O–H groups in total. The quantitative estimate of drug-likeness (QED) is 0.534. The molecule has 1 aliphatic rings. The number of nitrogens with one attached hydrogen (secondary N) is 1. The van der Waals surface area contributed by atoms with Crippen LogP contribution in [0.1, 0.15) is 17.2 Å². The maximum Gasteiger partial charge on any atom is 0.251 e. The summed E-state index contributed by atoms with van der Waals surface area (Å²) in [6, 6.07) is 10.1. The van der Waals surface area contributed by atoms with Crippen LogP contribution in [0.2, 0.25) is 0 Å². The van der Waals surface area contributed by atoms with Crippen molar-refractivity contribution in [3.63, 3.8) is 0 Å². The lowest BCUT2D eigenvalue weighted by Gasteiger charge is -2.25. The second kappa shape index (κ2) is 4.89. The molecule has 2 atom stereocenters. The molecule has 0 radical (unpaired) electrons. The second-order valence-corrected chi connectivity index (χ2v) is 5.39. The van der Waals surface area contributed by atoms with Gasteiger partial charge in [-0.05, 0) is 18.2 Å². The molecule has 6 nitrogen and oxygen atoms in total. The lowest BCUT2D eigenvalue weighted by molar-refractivity contribution is -0.484. The van der Waals surface area contributed by atoms with Crippen LogP contribution in [-0.4, -0.2) is 17.4 Å². The smallest absolute Gasteiger partial charge is 0.251 e. The van der Waals surface area contributed by atoms with Crippen molar-refractivity contribution in [2.45, 2.75) is 10.8 Å². The van der Waals surface area contributed by atoms with Gasteiger partial charge < -0.3 is 9.73 Å². The Hall–Kier alpha value is -2.34. The number of halogens is 1. The van der Waals surface area contributed by atoms with E-state index < -0.39 is 28.2 Å². The largest absolute Gasteiger partial charge is 0.469 e. The Labute approximate surface area is 124 Å². The van der Waals surface area contributed by atoms with Crippen molar-refractivity contribution >= 4 is 23.2 Å². The number of benzene rings is 1. The van der Waals surface area contributed by atoms with Crippen molar-refractivity contribution < 1.29 is 14.1 Å². The summed E-state index contributed by atoms with van der Waals surface area (Å²) in [5.41, 5.74) is 1.09. The van der Waals surface area contributed by atoms with Gasteiger partial charge in [-0.2, -0.15) is 0 Å². The van der Waals surface area contributed by atoms with E-state index >= 15 is 0 Å². The van der Waals surface area contributed by atoms with Gasteiger partial charge in [-0.1, -0.05) is 18.2 Å². The molecule has 2 aromatic rings. The zero-order valence-electron chi connectivity index (χ0n) is 10.8. The minimum atomic E-state index is -1.55. The molecule has 0 saturated carbocycles. The minimum absolute atomic E-state index is 0.313. The van der Waals surface area contributed by atoms with Crippen LogP contribution in [0.3, 0.4) is 0 Å². The number of carbonyl (C=O) groups is 1. The summed E-state index contributed by atoms with van der Waals surface area (Å²) in [5.74, 6) is -1.06. The minimum Gasteiger partial charge on any atom is -0.469 e. The summed E-state index contributed by atoms with van der Waals surface area (Å²) < 4.78 is 5.27. The topological polar surface area (TPSA) is 85.4 Å². The summed E-state index contributed by atoms with van der Waals surface area (Å²) in [5, 5.41) is 13.7. The lowest BCUT2D eigenvalue weighted by atomic mass is 9.84. The van der Waals surface area contributed by atoms with E-state index in [4.69, 9.17) is 16.0 Å². The summed E-state index contributed by atoms with van der Waals surface area (Å²) in [4.78, 5) is 21.3. The number of para-hydroxylation sites is 1. The van der Waals surface area contributed by atoms with E-state index in [0.717, 1.165) is 0 Å². The summed E-state index contributed by atoms with van der Waals surface area (Å²) in [6.07, 6.45) is 1.40. The predicted octanol–water partition coefficient (Wildman–Crippen LogP) is 2.73. The molecule has 0 fully saturated rings. The molecule has 21 heavy (non-hydrogen) atoms. The van der Waals surface area contributed by atoms with E-state index in [9.17, 15) is 14.9 Å². The highest BCUT2D eigenvalue weighted by Gasteiger charge is 2.54. The first-order chi connectivity index (χ1) is 10.0. The molecule has 108 valence electrons. The van der Waals surface area contributed by atoms with E-state index in [1.165, 1.54) is 6.26 Å². The molecule has 2 heterocycles. The zero-order valence-corrected chi connectivity index (χ0v) is 11.5. The molecule has 1 aliphatic heterocycles. The highest BCUT2D eigenvalue weighted by molar-refractivity contribution is 6.39. The van der Waals surface area contributed by atoms with Crippen molar-refractivity contribution in [2.75, 3.05) is 11.9 Å². The van der Waals surface area contributed by atoms with Gasteiger partial charge in [0, 0.05) is 16.2 Å². The first kappa shape index (κ1) is 13.6. The molecule has 0 spiro atoms. The number of rotatable bonds is 4. The third-order valence-electron chi connectivity index (χ3n) is 3.60. The molecule has 0 unspecified atom stereocenters.